The van der Waals surface area contributed by atoms with Crippen LogP contribution in [0.15, 0.2) is 54.6 Å². The van der Waals surface area contributed by atoms with Crippen LogP contribution in [0.5, 0.6) is 0 Å². The Morgan fingerprint density at radius 3 is 2.20 bits per heavy atom. The molecule has 0 bridgehead atoms. The molecule has 0 aromatic heterocycles. The SMILES string of the molecule is COC(=O)C(Cc1ccccc1)NC(=O)Nc1ccc(C(C)=O)cc1. The Morgan fingerprint density at radius 1 is 1.00 bits per heavy atom. The van der Waals surface area contributed by atoms with Crippen LogP contribution in [-0.2, 0) is 16.0 Å². The third kappa shape index (κ3) is 5.46. The second-order valence-electron chi connectivity index (χ2n) is 5.50. The van der Waals surface area contributed by atoms with Crippen molar-refractivity contribution in [1.82, 2.24) is 5.32 Å². The number of amides is 2. The average Bonchev–Trinajstić information content (AvgIpc) is 2.61. The number of urea groups is 1. The molecule has 0 spiro atoms. The van der Waals surface area contributed by atoms with Crippen molar-refractivity contribution in [2.75, 3.05) is 12.4 Å². The number of methoxy groups -OCH3 is 1. The maximum Gasteiger partial charge on any atom is 0.328 e. The van der Waals surface area contributed by atoms with Gasteiger partial charge in [-0.15, -0.1) is 0 Å². The summed E-state index contributed by atoms with van der Waals surface area (Å²) in [5.74, 6) is -0.574. The van der Waals surface area contributed by atoms with Crippen LogP contribution in [0, 0.1) is 0 Å². The summed E-state index contributed by atoms with van der Waals surface area (Å²) in [5.41, 5.74) is 1.98. The van der Waals surface area contributed by atoms with E-state index in [0.29, 0.717) is 17.7 Å². The summed E-state index contributed by atoms with van der Waals surface area (Å²) in [6, 6.07) is 14.5. The van der Waals surface area contributed by atoms with Crippen LogP contribution in [0.25, 0.3) is 0 Å². The van der Waals surface area contributed by atoms with Crippen LogP contribution in [0.4, 0.5) is 10.5 Å². The Hall–Kier alpha value is -3.15. The lowest BCUT2D eigenvalue weighted by molar-refractivity contribution is -0.142. The van der Waals surface area contributed by atoms with Gasteiger partial charge in [-0.3, -0.25) is 4.79 Å². The molecule has 25 heavy (non-hydrogen) atoms. The van der Waals surface area contributed by atoms with Crippen molar-refractivity contribution in [2.24, 2.45) is 0 Å². The van der Waals surface area contributed by atoms with E-state index in [1.807, 2.05) is 30.3 Å². The predicted octanol–water partition coefficient (Wildman–Crippen LogP) is 2.80. The van der Waals surface area contributed by atoms with Gasteiger partial charge in [0, 0.05) is 17.7 Å². The van der Waals surface area contributed by atoms with Crippen LogP contribution in [0.3, 0.4) is 0 Å². The fraction of sp³-hybridized carbons (Fsp3) is 0.211. The van der Waals surface area contributed by atoms with Gasteiger partial charge in [-0.1, -0.05) is 30.3 Å². The second-order valence-corrected chi connectivity index (χ2v) is 5.50. The van der Waals surface area contributed by atoms with E-state index in [0.717, 1.165) is 5.56 Å². The highest BCUT2D eigenvalue weighted by Crippen LogP contribution is 2.10. The van der Waals surface area contributed by atoms with Crippen molar-refractivity contribution < 1.29 is 19.1 Å². The van der Waals surface area contributed by atoms with Crippen molar-refractivity contribution in [2.45, 2.75) is 19.4 Å². The number of ether oxygens (including phenoxy) is 1. The lowest BCUT2D eigenvalue weighted by atomic mass is 10.1. The van der Waals surface area contributed by atoms with E-state index in [-0.39, 0.29) is 5.78 Å². The zero-order chi connectivity index (χ0) is 18.2. The monoisotopic (exact) mass is 340 g/mol. The van der Waals surface area contributed by atoms with Crippen LogP contribution in [0.1, 0.15) is 22.8 Å². The number of hydrogen-bond donors (Lipinski definition) is 2. The summed E-state index contributed by atoms with van der Waals surface area (Å²) in [7, 11) is 1.28. The van der Waals surface area contributed by atoms with E-state index < -0.39 is 18.0 Å². The van der Waals surface area contributed by atoms with Gasteiger partial charge in [0.05, 0.1) is 7.11 Å². The first-order chi connectivity index (χ1) is 12.0. The predicted molar refractivity (Wildman–Crippen MR) is 94.6 cm³/mol. The number of carbonyl (C=O) groups excluding carboxylic acids is 3. The normalized spacial score (nSPS) is 11.3. The maximum absolute atomic E-state index is 12.2. The topological polar surface area (TPSA) is 84.5 Å². The molecule has 0 radical (unpaired) electrons. The van der Waals surface area contributed by atoms with Gasteiger partial charge in [0.2, 0.25) is 0 Å². The molecule has 2 amide bonds. The van der Waals surface area contributed by atoms with E-state index >= 15 is 0 Å². The molecule has 1 atom stereocenters. The second kappa shape index (κ2) is 8.63. The Balaban J connectivity index is 2.01. The van der Waals surface area contributed by atoms with Gasteiger partial charge in [0.25, 0.3) is 0 Å². The van der Waals surface area contributed by atoms with Gasteiger partial charge in [-0.2, -0.15) is 0 Å². The highest BCUT2D eigenvalue weighted by Gasteiger charge is 2.22. The lowest BCUT2D eigenvalue weighted by Crippen LogP contribution is -2.45. The first kappa shape index (κ1) is 18.2. The Labute approximate surface area is 146 Å². The fourth-order valence-corrected chi connectivity index (χ4v) is 2.30. The summed E-state index contributed by atoms with van der Waals surface area (Å²) in [6.45, 7) is 1.47. The molecule has 2 N–H and O–H groups in total. The van der Waals surface area contributed by atoms with Gasteiger partial charge in [-0.25, -0.2) is 9.59 Å². The summed E-state index contributed by atoms with van der Waals surface area (Å²) in [4.78, 5) is 35.3. The molecule has 6 heteroatoms. The van der Waals surface area contributed by atoms with Crippen molar-refractivity contribution in [1.29, 1.82) is 0 Å². The van der Waals surface area contributed by atoms with Gasteiger partial charge in [0.1, 0.15) is 6.04 Å². The average molecular weight is 340 g/mol. The van der Waals surface area contributed by atoms with Crippen molar-refractivity contribution in [3.8, 4) is 0 Å². The Bertz CT molecular complexity index is 742. The van der Waals surface area contributed by atoms with Gasteiger partial charge < -0.3 is 15.4 Å². The van der Waals surface area contributed by atoms with Crippen LogP contribution in [-0.4, -0.2) is 30.9 Å². The summed E-state index contributed by atoms with van der Waals surface area (Å²) in [6.07, 6.45) is 0.324. The van der Waals surface area contributed by atoms with E-state index in [2.05, 4.69) is 10.6 Å². The molecule has 0 heterocycles. The van der Waals surface area contributed by atoms with Crippen LogP contribution >= 0.6 is 0 Å². The minimum Gasteiger partial charge on any atom is -0.467 e. The summed E-state index contributed by atoms with van der Waals surface area (Å²) < 4.78 is 4.76. The van der Waals surface area contributed by atoms with Gasteiger partial charge in [0.15, 0.2) is 5.78 Å². The zero-order valence-corrected chi connectivity index (χ0v) is 14.1. The number of hydrogen-bond acceptors (Lipinski definition) is 4. The molecule has 0 saturated heterocycles. The molecule has 130 valence electrons. The quantitative estimate of drug-likeness (QED) is 0.625. The molecule has 0 aliphatic rings. The van der Waals surface area contributed by atoms with E-state index in [1.165, 1.54) is 14.0 Å². The molecule has 6 nitrogen and oxygen atoms in total. The number of ketones is 1. The van der Waals surface area contributed by atoms with Crippen LogP contribution in [0.2, 0.25) is 0 Å². The number of Topliss-reactive ketones (excluding diaryl/α,β-unsaturated/α-hetero) is 1. The minimum absolute atomic E-state index is 0.0513. The fourth-order valence-electron chi connectivity index (χ4n) is 2.30. The van der Waals surface area contributed by atoms with Gasteiger partial charge >= 0.3 is 12.0 Å². The van der Waals surface area contributed by atoms with E-state index in [9.17, 15) is 14.4 Å². The standard InChI is InChI=1S/C19H20N2O4/c1-13(22)15-8-10-16(11-9-15)20-19(24)21-17(18(23)25-2)12-14-6-4-3-5-7-14/h3-11,17H,12H2,1-2H3,(H2,20,21,24). The highest BCUT2D eigenvalue weighted by atomic mass is 16.5. The molecular formula is C19H20N2O4. The number of nitrogens with one attached hydrogen (secondary N) is 2. The molecule has 1 unspecified atom stereocenters. The molecule has 2 aromatic carbocycles. The molecule has 2 rings (SSSR count). The molecular weight excluding hydrogens is 320 g/mol. The molecule has 0 aliphatic heterocycles. The van der Waals surface area contributed by atoms with Crippen LogP contribution < -0.4 is 10.6 Å². The lowest BCUT2D eigenvalue weighted by Gasteiger charge is -2.17. The Kier molecular flexibility index (Phi) is 6.28. The first-order valence-corrected chi connectivity index (χ1v) is 7.80. The molecule has 2 aromatic rings. The summed E-state index contributed by atoms with van der Waals surface area (Å²) in [5, 5.41) is 5.24. The number of esters is 1. The molecule has 0 fully saturated rings. The van der Waals surface area contributed by atoms with E-state index in [1.54, 1.807) is 24.3 Å². The number of anilines is 1. The molecule has 0 aliphatic carbocycles. The third-order valence-electron chi connectivity index (χ3n) is 3.62. The number of rotatable bonds is 6. The van der Waals surface area contributed by atoms with Gasteiger partial charge in [-0.05, 0) is 36.8 Å². The van der Waals surface area contributed by atoms with Crippen molar-refractivity contribution >= 4 is 23.5 Å². The van der Waals surface area contributed by atoms with E-state index in [4.69, 9.17) is 4.74 Å². The zero-order valence-electron chi connectivity index (χ0n) is 14.1. The maximum atomic E-state index is 12.2. The Morgan fingerprint density at radius 2 is 1.64 bits per heavy atom. The first-order valence-electron chi connectivity index (χ1n) is 7.80. The van der Waals surface area contributed by atoms with Crippen molar-refractivity contribution in [3.63, 3.8) is 0 Å². The number of benzene rings is 2. The summed E-state index contributed by atoms with van der Waals surface area (Å²) >= 11 is 0. The minimum atomic E-state index is -0.802. The number of carbonyl (C=O) groups is 3. The smallest absolute Gasteiger partial charge is 0.328 e. The highest BCUT2D eigenvalue weighted by molar-refractivity contribution is 5.96. The molecule has 0 saturated carbocycles. The van der Waals surface area contributed by atoms with Crippen molar-refractivity contribution in [3.05, 3.63) is 65.7 Å². The third-order valence-corrected chi connectivity index (χ3v) is 3.62. The largest absolute Gasteiger partial charge is 0.467 e.